The van der Waals surface area contributed by atoms with E-state index in [0.717, 1.165) is 18.5 Å². The molecule has 0 spiro atoms. The van der Waals surface area contributed by atoms with Crippen molar-refractivity contribution < 1.29 is 9.32 Å². The second-order valence-corrected chi connectivity index (χ2v) is 3.57. The first-order chi connectivity index (χ1) is 7.13. The highest BCUT2D eigenvalue weighted by molar-refractivity contribution is 5.93. The van der Waals surface area contributed by atoms with Crippen LogP contribution >= 0.6 is 0 Å². The van der Waals surface area contributed by atoms with Crippen LogP contribution in [0.25, 0.3) is 0 Å². The Balaban J connectivity index is 2.41. The molecule has 15 heavy (non-hydrogen) atoms. The molecule has 0 bridgehead atoms. The molecular weight excluding hydrogens is 194 g/mol. The summed E-state index contributed by atoms with van der Waals surface area (Å²) in [5.41, 5.74) is 6.41. The highest BCUT2D eigenvalue weighted by Crippen LogP contribution is 2.09. The monoisotopic (exact) mass is 211 g/mol. The largest absolute Gasteiger partial charge is 0.338 e. The quantitative estimate of drug-likeness (QED) is 0.772. The van der Waals surface area contributed by atoms with Gasteiger partial charge in [-0.05, 0) is 13.3 Å². The number of unbranched alkanes of at least 4 members (excludes halogenated alkanes) is 1. The third-order valence-corrected chi connectivity index (χ3v) is 2.08. The van der Waals surface area contributed by atoms with E-state index in [2.05, 4.69) is 17.4 Å². The Hall–Kier alpha value is -1.36. The maximum absolute atomic E-state index is 11.5. The topological polar surface area (TPSA) is 81.2 Å². The van der Waals surface area contributed by atoms with Gasteiger partial charge in [0.05, 0.1) is 11.7 Å². The number of hydrogen-bond donors (Lipinski definition) is 2. The average Bonchev–Trinajstić information content (AvgIpc) is 2.60. The fourth-order valence-corrected chi connectivity index (χ4v) is 1.19. The van der Waals surface area contributed by atoms with Crippen molar-refractivity contribution in [2.75, 3.05) is 5.32 Å². The van der Waals surface area contributed by atoms with E-state index in [0.29, 0.717) is 12.3 Å². The Kier molecular flexibility index (Phi) is 4.30. The van der Waals surface area contributed by atoms with Crippen LogP contribution in [0.3, 0.4) is 0 Å². The number of nitrogens with zero attached hydrogens (tertiary/aromatic N) is 1. The summed E-state index contributed by atoms with van der Waals surface area (Å²) in [5, 5.41) is 6.24. The van der Waals surface area contributed by atoms with Gasteiger partial charge >= 0.3 is 0 Å². The van der Waals surface area contributed by atoms with Crippen LogP contribution < -0.4 is 11.1 Å². The van der Waals surface area contributed by atoms with Gasteiger partial charge in [-0.15, -0.1) is 0 Å². The van der Waals surface area contributed by atoms with Gasteiger partial charge in [-0.2, -0.15) is 0 Å². The number of amides is 1. The van der Waals surface area contributed by atoms with E-state index in [1.807, 2.05) is 0 Å². The molecule has 1 aromatic heterocycles. The molecule has 1 atom stereocenters. The van der Waals surface area contributed by atoms with Gasteiger partial charge in [0.2, 0.25) is 11.8 Å². The maximum Gasteiger partial charge on any atom is 0.243 e. The molecule has 0 aliphatic rings. The van der Waals surface area contributed by atoms with E-state index < -0.39 is 6.04 Å². The normalized spacial score (nSPS) is 12.5. The highest BCUT2D eigenvalue weighted by atomic mass is 16.5. The molecule has 0 saturated heterocycles. The Morgan fingerprint density at radius 3 is 3.00 bits per heavy atom. The summed E-state index contributed by atoms with van der Waals surface area (Å²) in [7, 11) is 0. The van der Waals surface area contributed by atoms with Crippen molar-refractivity contribution in [1.82, 2.24) is 5.16 Å². The van der Waals surface area contributed by atoms with Crippen LogP contribution in [0.5, 0.6) is 0 Å². The summed E-state index contributed by atoms with van der Waals surface area (Å²) in [6.07, 6.45) is 2.67. The molecule has 1 amide bonds. The van der Waals surface area contributed by atoms with Crippen molar-refractivity contribution in [2.24, 2.45) is 5.73 Å². The number of carbonyl (C=O) groups is 1. The molecule has 84 valence electrons. The number of aryl methyl sites for hydroxylation is 1. The second-order valence-electron chi connectivity index (χ2n) is 3.57. The van der Waals surface area contributed by atoms with E-state index >= 15 is 0 Å². The molecule has 0 aliphatic carbocycles. The fraction of sp³-hybridized carbons (Fsp3) is 0.600. The van der Waals surface area contributed by atoms with Crippen LogP contribution in [0.1, 0.15) is 31.9 Å². The molecule has 0 unspecified atom stereocenters. The smallest absolute Gasteiger partial charge is 0.243 e. The zero-order valence-electron chi connectivity index (χ0n) is 9.12. The summed E-state index contributed by atoms with van der Waals surface area (Å²) in [4.78, 5) is 11.5. The predicted molar refractivity (Wildman–Crippen MR) is 57.4 cm³/mol. The van der Waals surface area contributed by atoms with Crippen molar-refractivity contribution in [1.29, 1.82) is 0 Å². The Morgan fingerprint density at radius 1 is 1.73 bits per heavy atom. The molecule has 0 aliphatic heterocycles. The first-order valence-corrected chi connectivity index (χ1v) is 5.13. The molecule has 1 heterocycles. The fourth-order valence-electron chi connectivity index (χ4n) is 1.19. The maximum atomic E-state index is 11.5. The number of nitrogens with two attached hydrogens (primary N) is 1. The SMILES string of the molecule is CCCC[C@H](N)C(=O)Nc1cc(C)no1. The third-order valence-electron chi connectivity index (χ3n) is 2.08. The van der Waals surface area contributed by atoms with Crippen LogP contribution in [-0.4, -0.2) is 17.1 Å². The average molecular weight is 211 g/mol. The molecule has 0 saturated carbocycles. The molecule has 0 aromatic carbocycles. The molecule has 3 N–H and O–H groups in total. The summed E-state index contributed by atoms with van der Waals surface area (Å²) in [6, 6.07) is 1.18. The number of carbonyl (C=O) groups excluding carboxylic acids is 1. The number of anilines is 1. The van der Waals surface area contributed by atoms with Crippen LogP contribution in [0.4, 0.5) is 5.88 Å². The van der Waals surface area contributed by atoms with Gasteiger partial charge < -0.3 is 10.3 Å². The summed E-state index contributed by atoms with van der Waals surface area (Å²) >= 11 is 0. The Bertz CT molecular complexity index is 322. The second kappa shape index (κ2) is 5.50. The van der Waals surface area contributed by atoms with Crippen LogP contribution in [-0.2, 0) is 4.79 Å². The van der Waals surface area contributed by atoms with E-state index in [1.165, 1.54) is 0 Å². The summed E-state index contributed by atoms with van der Waals surface area (Å²) in [6.45, 7) is 3.85. The van der Waals surface area contributed by atoms with Crippen molar-refractivity contribution in [3.8, 4) is 0 Å². The highest BCUT2D eigenvalue weighted by Gasteiger charge is 2.14. The van der Waals surface area contributed by atoms with E-state index in [1.54, 1.807) is 13.0 Å². The van der Waals surface area contributed by atoms with Crippen LogP contribution in [0.15, 0.2) is 10.6 Å². The van der Waals surface area contributed by atoms with Gasteiger partial charge in [-0.3, -0.25) is 10.1 Å². The van der Waals surface area contributed by atoms with Gasteiger partial charge in [-0.1, -0.05) is 24.9 Å². The lowest BCUT2D eigenvalue weighted by Gasteiger charge is -2.08. The summed E-state index contributed by atoms with van der Waals surface area (Å²) < 4.78 is 4.85. The minimum atomic E-state index is -0.477. The van der Waals surface area contributed by atoms with E-state index in [4.69, 9.17) is 10.3 Å². The van der Waals surface area contributed by atoms with E-state index in [-0.39, 0.29) is 5.91 Å². The lowest BCUT2D eigenvalue weighted by atomic mass is 10.1. The van der Waals surface area contributed by atoms with Crippen LogP contribution in [0.2, 0.25) is 0 Å². The third kappa shape index (κ3) is 3.71. The van der Waals surface area contributed by atoms with Crippen molar-refractivity contribution in [3.05, 3.63) is 11.8 Å². The van der Waals surface area contributed by atoms with Crippen LogP contribution in [0, 0.1) is 6.92 Å². The lowest BCUT2D eigenvalue weighted by Crippen LogP contribution is -2.35. The zero-order valence-corrected chi connectivity index (χ0v) is 9.12. The van der Waals surface area contributed by atoms with Gasteiger partial charge in [0.25, 0.3) is 0 Å². The zero-order chi connectivity index (χ0) is 11.3. The minimum Gasteiger partial charge on any atom is -0.338 e. The molecule has 1 aromatic rings. The van der Waals surface area contributed by atoms with E-state index in [9.17, 15) is 4.79 Å². The first kappa shape index (κ1) is 11.7. The Labute approximate surface area is 89.0 Å². The number of hydrogen-bond acceptors (Lipinski definition) is 4. The molecule has 0 radical (unpaired) electrons. The molecule has 1 rings (SSSR count). The first-order valence-electron chi connectivity index (χ1n) is 5.13. The number of nitrogens with one attached hydrogen (secondary N) is 1. The number of rotatable bonds is 5. The molecule has 5 heteroatoms. The number of aromatic nitrogens is 1. The summed E-state index contributed by atoms with van der Waals surface area (Å²) in [5.74, 6) is 0.129. The molecule has 5 nitrogen and oxygen atoms in total. The van der Waals surface area contributed by atoms with Gasteiger partial charge in [0.1, 0.15) is 0 Å². The molecule has 0 fully saturated rings. The lowest BCUT2D eigenvalue weighted by molar-refractivity contribution is -0.117. The van der Waals surface area contributed by atoms with Crippen molar-refractivity contribution >= 4 is 11.8 Å². The van der Waals surface area contributed by atoms with Gasteiger partial charge in [0.15, 0.2) is 0 Å². The standard InChI is InChI=1S/C10H17N3O2/c1-3-4-5-8(11)10(14)12-9-6-7(2)13-15-9/h6,8H,3-5,11H2,1-2H3,(H,12,14)/t8-/m0/s1. The molecular formula is C10H17N3O2. The predicted octanol–water partition coefficient (Wildman–Crippen LogP) is 1.44. The minimum absolute atomic E-state index is 0.223. The van der Waals surface area contributed by atoms with Gasteiger partial charge in [0, 0.05) is 6.07 Å². The van der Waals surface area contributed by atoms with Crippen molar-refractivity contribution in [3.63, 3.8) is 0 Å². The van der Waals surface area contributed by atoms with Gasteiger partial charge in [-0.25, -0.2) is 0 Å². The Morgan fingerprint density at radius 2 is 2.47 bits per heavy atom. The van der Waals surface area contributed by atoms with Crippen molar-refractivity contribution in [2.45, 2.75) is 39.2 Å².